The van der Waals surface area contributed by atoms with Crippen molar-refractivity contribution < 1.29 is 28.7 Å². The smallest absolute Gasteiger partial charge is 0.363 e. The molecule has 9 nitrogen and oxygen atoms in total. The van der Waals surface area contributed by atoms with Crippen LogP contribution in [0.1, 0.15) is 27.0 Å². The molecule has 0 saturated carbocycles. The Morgan fingerprint density at radius 1 is 1.17 bits per heavy atom. The van der Waals surface area contributed by atoms with Gasteiger partial charge in [-0.3, -0.25) is 14.9 Å². The fraction of sp³-hybridized carbons (Fsp3) is 0.115. The highest BCUT2D eigenvalue weighted by atomic mass is 127. The van der Waals surface area contributed by atoms with E-state index < -0.39 is 10.9 Å². The molecule has 0 N–H and O–H groups in total. The van der Waals surface area contributed by atoms with Gasteiger partial charge in [0.25, 0.3) is 5.69 Å². The Bertz CT molecular complexity index is 1430. The van der Waals surface area contributed by atoms with E-state index in [1.807, 2.05) is 6.07 Å². The van der Waals surface area contributed by atoms with E-state index in [4.69, 9.17) is 14.2 Å². The number of Topliss-reactive ketones (excluding diaryl/α,β-unsaturated/α-hetero) is 1. The van der Waals surface area contributed by atoms with Gasteiger partial charge in [-0.2, -0.15) is 0 Å². The molecule has 0 spiro atoms. The van der Waals surface area contributed by atoms with Crippen molar-refractivity contribution in [3.63, 3.8) is 0 Å². The molecule has 36 heavy (non-hydrogen) atoms. The lowest BCUT2D eigenvalue weighted by Crippen LogP contribution is -2.12. The van der Waals surface area contributed by atoms with Crippen molar-refractivity contribution in [2.24, 2.45) is 4.99 Å². The molecule has 0 radical (unpaired) electrons. The van der Waals surface area contributed by atoms with Crippen LogP contribution in [0.3, 0.4) is 0 Å². The van der Waals surface area contributed by atoms with E-state index in [1.165, 1.54) is 25.3 Å². The zero-order valence-electron chi connectivity index (χ0n) is 19.2. The second-order valence-corrected chi connectivity index (χ2v) is 8.82. The minimum Gasteiger partial charge on any atom is -0.493 e. The first-order chi connectivity index (χ1) is 17.3. The number of esters is 1. The van der Waals surface area contributed by atoms with Gasteiger partial charge < -0.3 is 14.2 Å². The van der Waals surface area contributed by atoms with Crippen molar-refractivity contribution in [2.75, 3.05) is 13.7 Å². The molecule has 1 heterocycles. The van der Waals surface area contributed by atoms with Gasteiger partial charge in [0.05, 0.1) is 15.6 Å². The number of hydrogen-bond donors (Lipinski definition) is 0. The van der Waals surface area contributed by atoms with Crippen LogP contribution in [-0.4, -0.2) is 36.3 Å². The van der Waals surface area contributed by atoms with Crippen LogP contribution < -0.4 is 9.47 Å². The van der Waals surface area contributed by atoms with Crippen LogP contribution in [0.4, 0.5) is 5.69 Å². The topological polar surface area (TPSA) is 117 Å². The predicted molar refractivity (Wildman–Crippen MR) is 140 cm³/mol. The van der Waals surface area contributed by atoms with Gasteiger partial charge in [-0.05, 0) is 59.4 Å². The molecule has 4 rings (SSSR count). The van der Waals surface area contributed by atoms with Gasteiger partial charge in [0.15, 0.2) is 29.6 Å². The number of nitro groups is 1. The van der Waals surface area contributed by atoms with Crippen LogP contribution >= 0.6 is 22.6 Å². The van der Waals surface area contributed by atoms with Gasteiger partial charge in [0, 0.05) is 22.8 Å². The minimum atomic E-state index is -0.682. The van der Waals surface area contributed by atoms with Crippen LogP contribution in [0.25, 0.3) is 6.08 Å². The highest BCUT2D eigenvalue weighted by molar-refractivity contribution is 14.1. The Labute approximate surface area is 219 Å². The Kier molecular flexibility index (Phi) is 7.44. The van der Waals surface area contributed by atoms with Crippen LogP contribution in [0.15, 0.2) is 71.4 Å². The molecule has 10 heteroatoms. The van der Waals surface area contributed by atoms with Crippen LogP contribution in [0.2, 0.25) is 0 Å². The molecule has 3 aromatic carbocycles. The number of benzene rings is 3. The molecular weight excluding hydrogens is 579 g/mol. The highest BCUT2D eigenvalue weighted by Gasteiger charge is 2.27. The lowest BCUT2D eigenvalue weighted by molar-refractivity contribution is -0.385. The van der Waals surface area contributed by atoms with E-state index in [0.29, 0.717) is 37.3 Å². The van der Waals surface area contributed by atoms with Gasteiger partial charge in [-0.1, -0.05) is 36.4 Å². The molecule has 3 aromatic rings. The summed E-state index contributed by atoms with van der Waals surface area (Å²) < 4.78 is 17.2. The standard InChI is InChI=1S/C26H19IN2O7/c1-15-18(9-6-10-21(15)29(32)33)25-28-20(26(31)36-25)12-16-11-19(27)24(23(13-16)34-2)35-14-22(30)17-7-4-3-5-8-17/h3-13H,14H2,1-2H3/b20-12-. The molecule has 182 valence electrons. The summed E-state index contributed by atoms with van der Waals surface area (Å²) in [6.45, 7) is 1.40. The Morgan fingerprint density at radius 2 is 1.92 bits per heavy atom. The number of hydrogen-bond acceptors (Lipinski definition) is 8. The van der Waals surface area contributed by atoms with Gasteiger partial charge in [-0.25, -0.2) is 9.79 Å². The van der Waals surface area contributed by atoms with Crippen molar-refractivity contribution >= 4 is 52.0 Å². The van der Waals surface area contributed by atoms with E-state index >= 15 is 0 Å². The molecule has 0 fully saturated rings. The highest BCUT2D eigenvalue weighted by Crippen LogP contribution is 2.35. The third kappa shape index (κ3) is 5.28. The number of methoxy groups -OCH3 is 1. The number of aliphatic imine (C=N–C) groups is 1. The summed E-state index contributed by atoms with van der Waals surface area (Å²) in [5.41, 5.74) is 1.77. The number of nitrogens with zero attached hydrogens (tertiary/aromatic N) is 2. The molecule has 0 unspecified atom stereocenters. The number of ketones is 1. The number of cyclic esters (lactones) is 1. The maximum absolute atomic E-state index is 12.5. The quantitative estimate of drug-likeness (QED) is 0.0882. The van der Waals surface area contributed by atoms with E-state index in [1.54, 1.807) is 49.4 Å². The molecule has 0 saturated heterocycles. The number of carbonyl (C=O) groups excluding carboxylic acids is 2. The fourth-order valence-corrected chi connectivity index (χ4v) is 4.32. The Morgan fingerprint density at radius 3 is 2.61 bits per heavy atom. The molecular formula is C26H19IN2O7. The zero-order chi connectivity index (χ0) is 25.8. The van der Waals surface area contributed by atoms with Crippen molar-refractivity contribution in [3.8, 4) is 11.5 Å². The third-order valence-corrected chi connectivity index (χ3v) is 6.15. The second-order valence-electron chi connectivity index (χ2n) is 7.65. The number of ether oxygens (including phenoxy) is 3. The van der Waals surface area contributed by atoms with E-state index in [0.717, 1.165) is 0 Å². The SMILES string of the molecule is COc1cc(/C=C2\N=C(c3cccc([N+](=O)[O-])c3C)OC2=O)cc(I)c1OCC(=O)c1ccccc1. The Hall–Kier alpha value is -4.06. The van der Waals surface area contributed by atoms with Crippen molar-refractivity contribution in [1.82, 2.24) is 0 Å². The lowest BCUT2D eigenvalue weighted by atomic mass is 10.1. The van der Waals surface area contributed by atoms with Gasteiger partial charge in [0.2, 0.25) is 5.90 Å². The molecule has 0 aliphatic carbocycles. The summed E-state index contributed by atoms with van der Waals surface area (Å²) in [7, 11) is 1.47. The summed E-state index contributed by atoms with van der Waals surface area (Å²) in [6, 6.07) is 16.7. The van der Waals surface area contributed by atoms with E-state index in [-0.39, 0.29) is 29.7 Å². The normalized spacial score (nSPS) is 13.8. The summed E-state index contributed by atoms with van der Waals surface area (Å²) in [4.78, 5) is 39.9. The minimum absolute atomic E-state index is 0.00603. The number of halogens is 1. The summed E-state index contributed by atoms with van der Waals surface area (Å²) >= 11 is 2.05. The molecule has 0 aromatic heterocycles. The van der Waals surface area contributed by atoms with Crippen molar-refractivity contribution in [3.05, 3.63) is 102 Å². The van der Waals surface area contributed by atoms with Crippen molar-refractivity contribution in [2.45, 2.75) is 6.92 Å². The van der Waals surface area contributed by atoms with Gasteiger partial charge in [-0.15, -0.1) is 0 Å². The zero-order valence-corrected chi connectivity index (χ0v) is 21.3. The van der Waals surface area contributed by atoms with Gasteiger partial charge >= 0.3 is 5.97 Å². The lowest BCUT2D eigenvalue weighted by Gasteiger charge is -2.13. The predicted octanol–water partition coefficient (Wildman–Crippen LogP) is 5.12. The van der Waals surface area contributed by atoms with E-state index in [9.17, 15) is 19.7 Å². The Balaban J connectivity index is 1.60. The molecule has 0 atom stereocenters. The van der Waals surface area contributed by atoms with Crippen LogP contribution in [-0.2, 0) is 9.53 Å². The molecule has 1 aliphatic heterocycles. The monoisotopic (exact) mass is 598 g/mol. The first-order valence-corrected chi connectivity index (χ1v) is 11.7. The number of nitro benzene ring substituents is 1. The second kappa shape index (κ2) is 10.7. The summed E-state index contributed by atoms with van der Waals surface area (Å²) in [5.74, 6) is -0.0894. The third-order valence-electron chi connectivity index (χ3n) is 5.35. The average molecular weight is 598 g/mol. The maximum atomic E-state index is 12.5. The molecule has 0 bridgehead atoms. The summed E-state index contributed by atoms with van der Waals surface area (Å²) in [6.07, 6.45) is 1.52. The summed E-state index contributed by atoms with van der Waals surface area (Å²) in [5, 5.41) is 11.2. The number of rotatable bonds is 8. The van der Waals surface area contributed by atoms with E-state index in [2.05, 4.69) is 27.6 Å². The molecule has 0 amide bonds. The first-order valence-electron chi connectivity index (χ1n) is 10.6. The fourth-order valence-electron chi connectivity index (χ4n) is 3.54. The largest absolute Gasteiger partial charge is 0.493 e. The average Bonchev–Trinajstić information content (AvgIpc) is 3.22. The van der Waals surface area contributed by atoms with Crippen LogP contribution in [0, 0.1) is 20.6 Å². The van der Waals surface area contributed by atoms with Gasteiger partial charge in [0.1, 0.15) is 0 Å². The molecule has 1 aliphatic rings. The van der Waals surface area contributed by atoms with Crippen molar-refractivity contribution in [1.29, 1.82) is 0 Å². The first kappa shape index (κ1) is 25.0. The van der Waals surface area contributed by atoms with Crippen LogP contribution in [0.5, 0.6) is 11.5 Å². The maximum Gasteiger partial charge on any atom is 0.363 e. The number of carbonyl (C=O) groups is 2.